The molecule has 150 valence electrons. The van der Waals surface area contributed by atoms with E-state index in [4.69, 9.17) is 4.99 Å². The minimum Gasteiger partial charge on any atom is -0.261 e. The Kier molecular flexibility index (Phi) is 6.02. The molecule has 0 amide bonds. The Balaban J connectivity index is 1.88. The third kappa shape index (κ3) is 5.41. The molecule has 0 heterocycles. The van der Waals surface area contributed by atoms with Gasteiger partial charge in [0.15, 0.2) is 0 Å². The van der Waals surface area contributed by atoms with Crippen molar-refractivity contribution >= 4 is 34.6 Å². The van der Waals surface area contributed by atoms with Crippen LogP contribution in [0.3, 0.4) is 0 Å². The Morgan fingerprint density at radius 2 is 1.31 bits per heavy atom. The smallest absolute Gasteiger partial charge is 0.0631 e. The van der Waals surface area contributed by atoms with Crippen molar-refractivity contribution in [3.63, 3.8) is 0 Å². The van der Waals surface area contributed by atoms with Gasteiger partial charge in [0.2, 0.25) is 0 Å². The summed E-state index contributed by atoms with van der Waals surface area (Å²) in [5.74, 6) is 0. The Bertz CT molecular complexity index is 1030. The molecule has 0 atom stereocenters. The summed E-state index contributed by atoms with van der Waals surface area (Å²) in [5, 5.41) is 2.51. The van der Waals surface area contributed by atoms with Crippen molar-refractivity contribution in [2.24, 2.45) is 15.4 Å². The van der Waals surface area contributed by atoms with Gasteiger partial charge in [-0.05, 0) is 75.5 Å². The Morgan fingerprint density at radius 1 is 0.759 bits per heavy atom. The fourth-order valence-corrected chi connectivity index (χ4v) is 3.12. The van der Waals surface area contributed by atoms with Gasteiger partial charge in [0, 0.05) is 12.4 Å². The maximum absolute atomic E-state index is 4.75. The van der Waals surface area contributed by atoms with Gasteiger partial charge in [-0.3, -0.25) is 9.98 Å². The molecule has 0 aliphatic carbocycles. The van der Waals surface area contributed by atoms with Crippen LogP contribution in [0.15, 0.2) is 70.6 Å². The SMILES string of the molecule is CCC(C)(C)C=Nc1ccc(N=Cc2cc3ccccc3cc2C(C)(C)C)cc1. The first kappa shape index (κ1) is 21.0. The lowest BCUT2D eigenvalue weighted by molar-refractivity contribution is 0.516. The van der Waals surface area contributed by atoms with Crippen molar-refractivity contribution in [3.8, 4) is 0 Å². The zero-order valence-corrected chi connectivity index (χ0v) is 18.5. The molecule has 3 aromatic carbocycles. The molecule has 0 N–H and O–H groups in total. The molecule has 0 saturated carbocycles. The second-order valence-corrected chi connectivity index (χ2v) is 9.41. The average Bonchev–Trinajstić information content (AvgIpc) is 2.70. The van der Waals surface area contributed by atoms with E-state index >= 15 is 0 Å². The van der Waals surface area contributed by atoms with Crippen LogP contribution in [0.25, 0.3) is 10.8 Å². The maximum Gasteiger partial charge on any atom is 0.0631 e. The molecule has 0 fully saturated rings. The third-order valence-electron chi connectivity index (χ3n) is 5.40. The van der Waals surface area contributed by atoms with Crippen LogP contribution >= 0.6 is 0 Å². The van der Waals surface area contributed by atoms with Crippen LogP contribution in [0.4, 0.5) is 11.4 Å². The van der Waals surface area contributed by atoms with E-state index in [1.807, 2.05) is 36.7 Å². The molecule has 0 bridgehead atoms. The van der Waals surface area contributed by atoms with E-state index in [0.717, 1.165) is 17.8 Å². The molecule has 0 radical (unpaired) electrons. The lowest BCUT2D eigenvalue weighted by atomic mass is 9.82. The summed E-state index contributed by atoms with van der Waals surface area (Å²) in [6.45, 7) is 13.3. The van der Waals surface area contributed by atoms with Crippen molar-refractivity contribution in [3.05, 3.63) is 71.8 Å². The molecule has 2 nitrogen and oxygen atoms in total. The Morgan fingerprint density at radius 3 is 1.86 bits per heavy atom. The number of fused-ring (bicyclic) bond motifs is 1. The highest BCUT2D eigenvalue weighted by molar-refractivity contribution is 5.93. The lowest BCUT2D eigenvalue weighted by Gasteiger charge is -2.22. The van der Waals surface area contributed by atoms with Crippen molar-refractivity contribution in [1.82, 2.24) is 0 Å². The number of benzene rings is 3. The van der Waals surface area contributed by atoms with Gasteiger partial charge < -0.3 is 0 Å². The van der Waals surface area contributed by atoms with Crippen molar-refractivity contribution in [1.29, 1.82) is 0 Å². The molecule has 0 aliphatic rings. The second kappa shape index (κ2) is 8.32. The average molecular weight is 385 g/mol. The molecule has 0 saturated heterocycles. The number of nitrogens with zero attached hydrogens (tertiary/aromatic N) is 2. The minimum absolute atomic E-state index is 0.0516. The van der Waals surface area contributed by atoms with E-state index in [0.29, 0.717) is 0 Å². The molecule has 3 aromatic rings. The van der Waals surface area contributed by atoms with Crippen LogP contribution in [0.1, 0.15) is 59.1 Å². The minimum atomic E-state index is 0.0516. The first-order valence-electron chi connectivity index (χ1n) is 10.4. The standard InChI is InChI=1S/C27H32N2/c1-7-27(5,6)19-29-24-14-12-23(13-15-24)28-18-22-16-20-10-8-9-11-21(20)17-25(22)26(2,3)4/h8-19H,7H2,1-6H3. The Labute approximate surface area is 175 Å². The largest absolute Gasteiger partial charge is 0.261 e. The van der Waals surface area contributed by atoms with E-state index in [1.54, 1.807) is 0 Å². The van der Waals surface area contributed by atoms with Gasteiger partial charge in [-0.1, -0.05) is 65.8 Å². The molecule has 29 heavy (non-hydrogen) atoms. The zero-order chi connectivity index (χ0) is 21.1. The number of aliphatic imine (C=N–C) groups is 2. The van der Waals surface area contributed by atoms with Gasteiger partial charge in [-0.15, -0.1) is 0 Å². The van der Waals surface area contributed by atoms with E-state index in [-0.39, 0.29) is 10.8 Å². The Hall–Kier alpha value is -2.74. The van der Waals surface area contributed by atoms with Crippen LogP contribution in [0.5, 0.6) is 0 Å². The number of rotatable bonds is 5. The maximum atomic E-state index is 4.75. The summed E-state index contributed by atoms with van der Waals surface area (Å²) >= 11 is 0. The molecule has 0 aromatic heterocycles. The van der Waals surface area contributed by atoms with Gasteiger partial charge in [-0.2, -0.15) is 0 Å². The quantitative estimate of drug-likeness (QED) is 0.398. The topological polar surface area (TPSA) is 24.7 Å². The monoisotopic (exact) mass is 384 g/mol. The normalized spacial score (nSPS) is 13.0. The van der Waals surface area contributed by atoms with Gasteiger partial charge in [0.25, 0.3) is 0 Å². The fraction of sp³-hybridized carbons (Fsp3) is 0.333. The molecule has 0 spiro atoms. The highest BCUT2D eigenvalue weighted by Crippen LogP contribution is 2.30. The van der Waals surface area contributed by atoms with E-state index in [1.165, 1.54) is 21.9 Å². The van der Waals surface area contributed by atoms with Crippen molar-refractivity contribution in [2.45, 2.75) is 53.4 Å². The number of hydrogen-bond donors (Lipinski definition) is 0. The number of hydrogen-bond acceptors (Lipinski definition) is 2. The highest BCUT2D eigenvalue weighted by atomic mass is 14.7. The van der Waals surface area contributed by atoms with Crippen LogP contribution in [-0.2, 0) is 5.41 Å². The van der Waals surface area contributed by atoms with E-state index in [9.17, 15) is 0 Å². The lowest BCUT2D eigenvalue weighted by Crippen LogP contribution is -2.14. The second-order valence-electron chi connectivity index (χ2n) is 9.41. The van der Waals surface area contributed by atoms with Gasteiger partial charge in [0.1, 0.15) is 0 Å². The molecule has 3 rings (SSSR count). The van der Waals surface area contributed by atoms with Gasteiger partial charge >= 0.3 is 0 Å². The zero-order valence-electron chi connectivity index (χ0n) is 18.5. The third-order valence-corrected chi connectivity index (χ3v) is 5.40. The van der Waals surface area contributed by atoms with Crippen LogP contribution in [-0.4, -0.2) is 12.4 Å². The first-order valence-corrected chi connectivity index (χ1v) is 10.4. The molecular formula is C27H32N2. The summed E-state index contributed by atoms with van der Waals surface area (Å²) in [7, 11) is 0. The molecule has 0 aliphatic heterocycles. The van der Waals surface area contributed by atoms with Crippen LogP contribution < -0.4 is 0 Å². The van der Waals surface area contributed by atoms with E-state index in [2.05, 4.69) is 82.9 Å². The van der Waals surface area contributed by atoms with Crippen molar-refractivity contribution in [2.75, 3.05) is 0 Å². The van der Waals surface area contributed by atoms with Crippen LogP contribution in [0, 0.1) is 5.41 Å². The molecular weight excluding hydrogens is 352 g/mol. The summed E-state index contributed by atoms with van der Waals surface area (Å²) in [5.41, 5.74) is 4.55. The summed E-state index contributed by atoms with van der Waals surface area (Å²) < 4.78 is 0. The van der Waals surface area contributed by atoms with Gasteiger partial charge in [-0.25, -0.2) is 0 Å². The predicted octanol–water partition coefficient (Wildman–Crippen LogP) is 8.03. The molecule has 0 unspecified atom stereocenters. The fourth-order valence-electron chi connectivity index (χ4n) is 3.12. The molecule has 2 heteroatoms. The first-order chi connectivity index (χ1) is 13.7. The summed E-state index contributed by atoms with van der Waals surface area (Å²) in [6.07, 6.45) is 5.10. The predicted molar refractivity (Wildman–Crippen MR) is 129 cm³/mol. The summed E-state index contributed by atoms with van der Waals surface area (Å²) in [6, 6.07) is 21.1. The van der Waals surface area contributed by atoms with Crippen molar-refractivity contribution < 1.29 is 0 Å². The van der Waals surface area contributed by atoms with Crippen LogP contribution in [0.2, 0.25) is 0 Å². The van der Waals surface area contributed by atoms with Gasteiger partial charge in [0.05, 0.1) is 11.4 Å². The highest BCUT2D eigenvalue weighted by Gasteiger charge is 2.18. The summed E-state index contributed by atoms with van der Waals surface area (Å²) in [4.78, 5) is 9.36. The van der Waals surface area contributed by atoms with E-state index < -0.39 is 0 Å².